The molecule has 5 nitrogen and oxygen atoms in total. The van der Waals surface area contributed by atoms with E-state index >= 15 is 0 Å². The van der Waals surface area contributed by atoms with Gasteiger partial charge in [-0.25, -0.2) is 4.68 Å². The molecule has 0 saturated carbocycles. The molecule has 0 spiro atoms. The summed E-state index contributed by atoms with van der Waals surface area (Å²) < 4.78 is 1.81. The number of nitrogens with one attached hydrogen (secondary N) is 1. The SMILES string of the molecule is CC(n1nccc1NC(=O)CN)C(C)(C)C. The van der Waals surface area contributed by atoms with Crippen LogP contribution in [-0.4, -0.2) is 22.2 Å². The fourth-order valence-corrected chi connectivity index (χ4v) is 1.28. The number of aromatic nitrogens is 2. The first-order valence-corrected chi connectivity index (χ1v) is 5.39. The predicted octanol–water partition coefficient (Wildman–Crippen LogP) is 1.39. The third kappa shape index (κ3) is 2.82. The van der Waals surface area contributed by atoms with Crippen molar-refractivity contribution in [3.8, 4) is 0 Å². The highest BCUT2D eigenvalue weighted by atomic mass is 16.1. The van der Waals surface area contributed by atoms with Gasteiger partial charge in [-0.3, -0.25) is 4.79 Å². The van der Waals surface area contributed by atoms with Crippen LogP contribution in [0.15, 0.2) is 12.3 Å². The lowest BCUT2D eigenvalue weighted by Crippen LogP contribution is -2.27. The van der Waals surface area contributed by atoms with Crippen molar-refractivity contribution in [1.82, 2.24) is 9.78 Å². The molecule has 0 bridgehead atoms. The lowest BCUT2D eigenvalue weighted by molar-refractivity contribution is -0.115. The largest absolute Gasteiger partial charge is 0.322 e. The van der Waals surface area contributed by atoms with Crippen LogP contribution in [0.1, 0.15) is 33.7 Å². The van der Waals surface area contributed by atoms with Gasteiger partial charge in [-0.2, -0.15) is 5.10 Å². The number of carbonyl (C=O) groups excluding carboxylic acids is 1. The molecule has 16 heavy (non-hydrogen) atoms. The van der Waals surface area contributed by atoms with Gasteiger partial charge >= 0.3 is 0 Å². The topological polar surface area (TPSA) is 72.9 Å². The third-order valence-electron chi connectivity index (χ3n) is 2.74. The standard InChI is InChI=1S/C11H20N4O/c1-8(11(2,3)4)15-9(5-6-13-15)14-10(16)7-12/h5-6,8H,7,12H2,1-4H3,(H,14,16). The van der Waals surface area contributed by atoms with Crippen LogP contribution >= 0.6 is 0 Å². The van der Waals surface area contributed by atoms with E-state index in [1.807, 2.05) is 4.68 Å². The van der Waals surface area contributed by atoms with Crippen molar-refractivity contribution in [3.63, 3.8) is 0 Å². The molecule has 1 unspecified atom stereocenters. The number of rotatable bonds is 3. The average Bonchev–Trinajstić information content (AvgIpc) is 2.63. The van der Waals surface area contributed by atoms with E-state index in [4.69, 9.17) is 5.73 Å². The highest BCUT2D eigenvalue weighted by Crippen LogP contribution is 2.31. The molecule has 0 aliphatic heterocycles. The fraction of sp³-hybridized carbons (Fsp3) is 0.636. The van der Waals surface area contributed by atoms with Gasteiger partial charge < -0.3 is 11.1 Å². The summed E-state index contributed by atoms with van der Waals surface area (Å²) >= 11 is 0. The van der Waals surface area contributed by atoms with Crippen LogP contribution in [0.5, 0.6) is 0 Å². The van der Waals surface area contributed by atoms with Crippen molar-refractivity contribution < 1.29 is 4.79 Å². The van der Waals surface area contributed by atoms with E-state index in [1.54, 1.807) is 12.3 Å². The molecule has 3 N–H and O–H groups in total. The minimum atomic E-state index is -0.206. The van der Waals surface area contributed by atoms with Gasteiger partial charge in [0, 0.05) is 6.07 Å². The van der Waals surface area contributed by atoms with Crippen LogP contribution in [0.3, 0.4) is 0 Å². The van der Waals surface area contributed by atoms with Gasteiger partial charge in [0.15, 0.2) is 0 Å². The van der Waals surface area contributed by atoms with Gasteiger partial charge in [0.25, 0.3) is 0 Å². The number of nitrogens with two attached hydrogens (primary N) is 1. The summed E-state index contributed by atoms with van der Waals surface area (Å²) in [6.45, 7) is 8.45. The summed E-state index contributed by atoms with van der Waals surface area (Å²) in [6.07, 6.45) is 1.67. The number of amides is 1. The van der Waals surface area contributed by atoms with Crippen LogP contribution in [0, 0.1) is 5.41 Å². The minimum absolute atomic E-state index is 0.0188. The van der Waals surface area contributed by atoms with E-state index in [1.165, 1.54) is 0 Å². The summed E-state index contributed by atoms with van der Waals surface area (Å²) in [4.78, 5) is 11.2. The smallest absolute Gasteiger partial charge is 0.239 e. The first-order chi connectivity index (χ1) is 7.36. The Morgan fingerprint density at radius 2 is 2.25 bits per heavy atom. The Bertz CT molecular complexity index is 364. The number of anilines is 1. The predicted molar refractivity (Wildman–Crippen MR) is 64.1 cm³/mol. The molecule has 1 atom stereocenters. The van der Waals surface area contributed by atoms with E-state index in [9.17, 15) is 4.79 Å². The molecule has 1 amide bonds. The lowest BCUT2D eigenvalue weighted by Gasteiger charge is -2.28. The summed E-state index contributed by atoms with van der Waals surface area (Å²) in [5.74, 6) is 0.487. The molecule has 1 aromatic heterocycles. The van der Waals surface area contributed by atoms with Crippen molar-refractivity contribution >= 4 is 11.7 Å². The maximum Gasteiger partial charge on any atom is 0.239 e. The van der Waals surface area contributed by atoms with Crippen LogP contribution in [0.2, 0.25) is 0 Å². The van der Waals surface area contributed by atoms with Gasteiger partial charge in [0.2, 0.25) is 5.91 Å². The number of nitrogens with zero attached hydrogens (tertiary/aromatic N) is 2. The van der Waals surface area contributed by atoms with Crippen LogP contribution in [0.25, 0.3) is 0 Å². The Morgan fingerprint density at radius 1 is 1.62 bits per heavy atom. The van der Waals surface area contributed by atoms with Gasteiger partial charge in [-0.1, -0.05) is 20.8 Å². The van der Waals surface area contributed by atoms with Crippen LogP contribution in [0.4, 0.5) is 5.82 Å². The first kappa shape index (κ1) is 12.7. The van der Waals surface area contributed by atoms with Crippen LogP contribution in [-0.2, 0) is 4.79 Å². The normalized spacial score (nSPS) is 13.6. The summed E-state index contributed by atoms with van der Waals surface area (Å²) in [5, 5.41) is 6.96. The molecule has 1 rings (SSSR count). The third-order valence-corrected chi connectivity index (χ3v) is 2.74. The number of hydrogen-bond donors (Lipinski definition) is 2. The van der Waals surface area contributed by atoms with E-state index < -0.39 is 0 Å². The average molecular weight is 224 g/mol. The van der Waals surface area contributed by atoms with Gasteiger partial charge in [-0.05, 0) is 12.3 Å². The zero-order valence-electron chi connectivity index (χ0n) is 10.3. The number of hydrogen-bond acceptors (Lipinski definition) is 3. The molecule has 0 aliphatic carbocycles. The van der Waals surface area contributed by atoms with Crippen LogP contribution < -0.4 is 11.1 Å². The quantitative estimate of drug-likeness (QED) is 0.814. The summed E-state index contributed by atoms with van der Waals surface area (Å²) in [6, 6.07) is 1.96. The molecule has 0 fully saturated rings. The Labute approximate surface area is 96.0 Å². The van der Waals surface area contributed by atoms with E-state index in [-0.39, 0.29) is 23.9 Å². The first-order valence-electron chi connectivity index (χ1n) is 5.39. The van der Waals surface area contributed by atoms with Gasteiger partial charge in [0.05, 0.1) is 18.8 Å². The second kappa shape index (κ2) is 4.65. The van der Waals surface area contributed by atoms with Gasteiger partial charge in [0.1, 0.15) is 5.82 Å². The maximum atomic E-state index is 11.2. The zero-order chi connectivity index (χ0) is 12.3. The molecule has 0 saturated heterocycles. The molecule has 90 valence electrons. The second-order valence-electron chi connectivity index (χ2n) is 4.96. The second-order valence-corrected chi connectivity index (χ2v) is 4.96. The molecule has 0 radical (unpaired) electrons. The molecular formula is C11H20N4O. The Balaban J connectivity index is 2.90. The Hall–Kier alpha value is -1.36. The molecular weight excluding hydrogens is 204 g/mol. The lowest BCUT2D eigenvalue weighted by atomic mass is 9.88. The highest BCUT2D eigenvalue weighted by molar-refractivity contribution is 5.91. The minimum Gasteiger partial charge on any atom is -0.322 e. The van der Waals surface area contributed by atoms with Gasteiger partial charge in [-0.15, -0.1) is 0 Å². The van der Waals surface area contributed by atoms with E-state index in [2.05, 4.69) is 38.1 Å². The maximum absolute atomic E-state index is 11.2. The molecule has 5 heteroatoms. The van der Waals surface area contributed by atoms with E-state index in [0.717, 1.165) is 0 Å². The molecule has 1 heterocycles. The monoisotopic (exact) mass is 224 g/mol. The van der Waals surface area contributed by atoms with Crippen molar-refractivity contribution in [2.24, 2.45) is 11.1 Å². The number of carbonyl (C=O) groups is 1. The molecule has 1 aromatic rings. The molecule has 0 aromatic carbocycles. The summed E-state index contributed by atoms with van der Waals surface area (Å²) in [5.41, 5.74) is 5.34. The van der Waals surface area contributed by atoms with Crippen molar-refractivity contribution in [1.29, 1.82) is 0 Å². The van der Waals surface area contributed by atoms with E-state index in [0.29, 0.717) is 5.82 Å². The Kier molecular flexibility index (Phi) is 3.70. The van der Waals surface area contributed by atoms with Crippen molar-refractivity contribution in [2.75, 3.05) is 11.9 Å². The van der Waals surface area contributed by atoms with Crippen molar-refractivity contribution in [2.45, 2.75) is 33.7 Å². The van der Waals surface area contributed by atoms with Crippen molar-refractivity contribution in [3.05, 3.63) is 12.3 Å². The highest BCUT2D eigenvalue weighted by Gasteiger charge is 2.24. The summed E-state index contributed by atoms with van der Waals surface area (Å²) in [7, 11) is 0. The zero-order valence-corrected chi connectivity index (χ0v) is 10.3. The Morgan fingerprint density at radius 3 is 2.75 bits per heavy atom. The molecule has 0 aliphatic rings. The fourth-order valence-electron chi connectivity index (χ4n) is 1.28.